The molecule has 132 valence electrons. The number of anilines is 1. The third kappa shape index (κ3) is 5.61. The van der Waals surface area contributed by atoms with Crippen molar-refractivity contribution in [1.82, 2.24) is 5.32 Å². The molecule has 0 amide bonds. The van der Waals surface area contributed by atoms with Crippen LogP contribution < -0.4 is 10.6 Å². The molecule has 0 aliphatic carbocycles. The summed E-state index contributed by atoms with van der Waals surface area (Å²) in [5.41, 5.74) is 4.70. The number of thioether (sulfide) groups is 1. The quantitative estimate of drug-likeness (QED) is 0.414. The van der Waals surface area contributed by atoms with Gasteiger partial charge in [0.25, 0.3) is 0 Å². The summed E-state index contributed by atoms with van der Waals surface area (Å²) in [4.78, 5) is 0. The van der Waals surface area contributed by atoms with Gasteiger partial charge in [0.2, 0.25) is 0 Å². The van der Waals surface area contributed by atoms with Gasteiger partial charge in [-0.25, -0.2) is 0 Å². The van der Waals surface area contributed by atoms with E-state index in [0.29, 0.717) is 5.11 Å². The Labute approximate surface area is 165 Å². The predicted molar refractivity (Wildman–Crippen MR) is 119 cm³/mol. The molecule has 0 bridgehead atoms. The molecular formula is C22H22N2S2. The first-order chi connectivity index (χ1) is 12.8. The fourth-order valence-corrected chi connectivity index (χ4v) is 3.66. The average molecular weight is 379 g/mol. The van der Waals surface area contributed by atoms with Crippen LogP contribution in [0.15, 0.2) is 84.9 Å². The van der Waals surface area contributed by atoms with Crippen LogP contribution in [0.4, 0.5) is 5.69 Å². The lowest BCUT2D eigenvalue weighted by molar-refractivity contribution is 0.990. The summed E-state index contributed by atoms with van der Waals surface area (Å²) in [5.74, 6) is 2.04. The van der Waals surface area contributed by atoms with Crippen LogP contribution in [0, 0.1) is 0 Å². The highest BCUT2D eigenvalue weighted by atomic mass is 32.2. The molecule has 2 nitrogen and oxygen atoms in total. The summed E-state index contributed by atoms with van der Waals surface area (Å²) in [7, 11) is 0. The van der Waals surface area contributed by atoms with Crippen molar-refractivity contribution in [2.75, 3.05) is 17.6 Å². The molecule has 0 atom stereocenters. The largest absolute Gasteiger partial charge is 0.362 e. The molecule has 0 aromatic heterocycles. The fraction of sp³-hybridized carbons (Fsp3) is 0.136. The van der Waals surface area contributed by atoms with Crippen LogP contribution in [-0.4, -0.2) is 17.4 Å². The third-order valence-electron chi connectivity index (χ3n) is 3.90. The molecule has 0 aliphatic heterocycles. The summed E-state index contributed by atoms with van der Waals surface area (Å²) in [6.07, 6.45) is 0. The molecular weight excluding hydrogens is 356 g/mol. The molecule has 0 saturated carbocycles. The summed E-state index contributed by atoms with van der Waals surface area (Å²) < 4.78 is 0. The number of hydrogen-bond acceptors (Lipinski definition) is 2. The first-order valence-corrected chi connectivity index (χ1v) is 10.2. The van der Waals surface area contributed by atoms with Crippen LogP contribution in [0.2, 0.25) is 0 Å². The summed E-state index contributed by atoms with van der Waals surface area (Å²) >= 11 is 7.36. The van der Waals surface area contributed by atoms with Gasteiger partial charge in [-0.2, -0.15) is 11.8 Å². The molecule has 4 heteroatoms. The van der Waals surface area contributed by atoms with E-state index in [0.717, 1.165) is 29.3 Å². The van der Waals surface area contributed by atoms with Crippen LogP contribution in [-0.2, 0) is 5.75 Å². The lowest BCUT2D eigenvalue weighted by Gasteiger charge is -2.14. The van der Waals surface area contributed by atoms with Crippen LogP contribution in [0.25, 0.3) is 11.1 Å². The van der Waals surface area contributed by atoms with E-state index >= 15 is 0 Å². The average Bonchev–Trinajstić information content (AvgIpc) is 2.70. The van der Waals surface area contributed by atoms with Crippen LogP contribution in [0.1, 0.15) is 5.56 Å². The van der Waals surface area contributed by atoms with Crippen LogP contribution in [0.3, 0.4) is 0 Å². The Morgan fingerprint density at radius 2 is 1.46 bits per heavy atom. The standard InChI is InChI=1S/C22H22N2S2/c25-22(23-15-16-26-17-18-9-3-1-4-10-18)24-21-14-8-7-13-20(21)19-11-5-2-6-12-19/h1-14H,15-17H2,(H2,23,24,25). The number of thiocarbonyl (C=S) groups is 1. The van der Waals surface area contributed by atoms with Gasteiger partial charge in [-0.15, -0.1) is 0 Å². The lowest BCUT2D eigenvalue weighted by Crippen LogP contribution is -2.30. The van der Waals surface area contributed by atoms with Crippen molar-refractivity contribution in [3.63, 3.8) is 0 Å². The van der Waals surface area contributed by atoms with E-state index in [-0.39, 0.29) is 0 Å². The van der Waals surface area contributed by atoms with Gasteiger partial charge in [0.1, 0.15) is 0 Å². The van der Waals surface area contributed by atoms with E-state index in [2.05, 4.69) is 59.2 Å². The number of nitrogens with one attached hydrogen (secondary N) is 2. The predicted octanol–water partition coefficient (Wildman–Crippen LogP) is 5.57. The van der Waals surface area contributed by atoms with Gasteiger partial charge in [-0.3, -0.25) is 0 Å². The monoisotopic (exact) mass is 378 g/mol. The van der Waals surface area contributed by atoms with Crippen LogP contribution >= 0.6 is 24.0 Å². The van der Waals surface area contributed by atoms with Gasteiger partial charge >= 0.3 is 0 Å². The molecule has 3 aromatic rings. The first kappa shape index (κ1) is 18.5. The van der Waals surface area contributed by atoms with Gasteiger partial charge in [0.05, 0.1) is 0 Å². The molecule has 0 fully saturated rings. The second kappa shape index (κ2) is 10.00. The normalized spacial score (nSPS) is 10.3. The maximum atomic E-state index is 5.46. The van der Waals surface area contributed by atoms with Crippen molar-refractivity contribution in [1.29, 1.82) is 0 Å². The molecule has 0 spiro atoms. The second-order valence-corrected chi connectivity index (χ2v) is 7.34. The summed E-state index contributed by atoms with van der Waals surface area (Å²) in [5, 5.41) is 7.29. The highest BCUT2D eigenvalue weighted by Crippen LogP contribution is 2.27. The zero-order valence-corrected chi connectivity index (χ0v) is 16.2. The zero-order valence-electron chi connectivity index (χ0n) is 14.5. The molecule has 0 saturated heterocycles. The van der Waals surface area contributed by atoms with Gasteiger partial charge in [0.15, 0.2) is 5.11 Å². The molecule has 0 heterocycles. The van der Waals surface area contributed by atoms with Gasteiger partial charge in [0, 0.05) is 29.3 Å². The maximum absolute atomic E-state index is 5.46. The molecule has 0 unspecified atom stereocenters. The SMILES string of the molecule is S=C(NCCSCc1ccccc1)Nc1ccccc1-c1ccccc1. The highest BCUT2D eigenvalue weighted by molar-refractivity contribution is 7.98. The minimum atomic E-state index is 0.661. The summed E-state index contributed by atoms with van der Waals surface area (Å²) in [6.45, 7) is 0.844. The molecule has 3 aromatic carbocycles. The van der Waals surface area contributed by atoms with Crippen LogP contribution in [0.5, 0.6) is 0 Å². The summed E-state index contributed by atoms with van der Waals surface area (Å²) in [6, 6.07) is 29.1. The molecule has 26 heavy (non-hydrogen) atoms. The number of rotatable bonds is 7. The van der Waals surface area contributed by atoms with Crippen molar-refractivity contribution >= 4 is 34.8 Å². The number of para-hydroxylation sites is 1. The molecule has 0 radical (unpaired) electrons. The van der Waals surface area contributed by atoms with Crippen molar-refractivity contribution in [3.05, 3.63) is 90.5 Å². The minimum absolute atomic E-state index is 0.661. The molecule has 3 rings (SSSR count). The fourth-order valence-electron chi connectivity index (χ4n) is 2.63. The van der Waals surface area contributed by atoms with E-state index in [1.165, 1.54) is 11.1 Å². The van der Waals surface area contributed by atoms with Gasteiger partial charge < -0.3 is 10.6 Å². The smallest absolute Gasteiger partial charge is 0.170 e. The van der Waals surface area contributed by atoms with E-state index in [1.807, 2.05) is 48.2 Å². The van der Waals surface area contributed by atoms with Gasteiger partial charge in [-0.05, 0) is 29.4 Å². The second-order valence-electron chi connectivity index (χ2n) is 5.83. The zero-order chi connectivity index (χ0) is 18.0. The lowest BCUT2D eigenvalue weighted by atomic mass is 10.0. The molecule has 2 N–H and O–H groups in total. The van der Waals surface area contributed by atoms with Gasteiger partial charge in [-0.1, -0.05) is 78.9 Å². The first-order valence-electron chi connectivity index (χ1n) is 8.64. The van der Waals surface area contributed by atoms with Crippen molar-refractivity contribution in [2.24, 2.45) is 0 Å². The molecule has 0 aliphatic rings. The van der Waals surface area contributed by atoms with E-state index in [9.17, 15) is 0 Å². The van der Waals surface area contributed by atoms with Crippen molar-refractivity contribution in [3.8, 4) is 11.1 Å². The Hall–Kier alpha value is -2.30. The topological polar surface area (TPSA) is 24.1 Å². The van der Waals surface area contributed by atoms with E-state index in [4.69, 9.17) is 12.2 Å². The Morgan fingerprint density at radius 3 is 2.23 bits per heavy atom. The Kier molecular flexibility index (Phi) is 7.11. The van der Waals surface area contributed by atoms with Crippen molar-refractivity contribution < 1.29 is 0 Å². The maximum Gasteiger partial charge on any atom is 0.170 e. The number of benzene rings is 3. The van der Waals surface area contributed by atoms with E-state index < -0.39 is 0 Å². The third-order valence-corrected chi connectivity index (χ3v) is 5.18. The highest BCUT2D eigenvalue weighted by Gasteiger charge is 2.05. The minimum Gasteiger partial charge on any atom is -0.362 e. The Bertz CT molecular complexity index is 820. The van der Waals surface area contributed by atoms with E-state index in [1.54, 1.807) is 0 Å². The Morgan fingerprint density at radius 1 is 0.808 bits per heavy atom. The van der Waals surface area contributed by atoms with Crippen molar-refractivity contribution in [2.45, 2.75) is 5.75 Å². The number of hydrogen-bond donors (Lipinski definition) is 2. The Balaban J connectivity index is 1.47.